The lowest BCUT2D eigenvalue weighted by atomic mass is 10.1. The summed E-state index contributed by atoms with van der Waals surface area (Å²) in [5, 5.41) is 15.2. The van der Waals surface area contributed by atoms with Gasteiger partial charge in [0.15, 0.2) is 0 Å². The van der Waals surface area contributed by atoms with Crippen LogP contribution in [-0.2, 0) is 14.8 Å². The van der Waals surface area contributed by atoms with E-state index in [-0.39, 0.29) is 16.1 Å². The Balaban J connectivity index is 1.47. The number of nitrogens with one attached hydrogen (secondary N) is 1. The predicted molar refractivity (Wildman–Crippen MR) is 140 cm³/mol. The number of anilines is 2. The molecule has 37 heavy (non-hydrogen) atoms. The number of nitro benzene ring substituents is 1. The third-order valence-electron chi connectivity index (χ3n) is 5.84. The molecule has 3 aromatic rings. The molecule has 4 rings (SSSR count). The van der Waals surface area contributed by atoms with Crippen molar-refractivity contribution < 1.29 is 22.9 Å². The van der Waals surface area contributed by atoms with Gasteiger partial charge < -0.3 is 9.64 Å². The van der Waals surface area contributed by atoms with Crippen LogP contribution in [0.25, 0.3) is 0 Å². The highest BCUT2D eigenvalue weighted by Gasteiger charge is 2.21. The third-order valence-corrected chi connectivity index (χ3v) is 7.64. The summed E-state index contributed by atoms with van der Waals surface area (Å²) in [6, 6.07) is 18.6. The number of benzene rings is 3. The quantitative estimate of drug-likeness (QED) is 0.272. The van der Waals surface area contributed by atoms with Crippen LogP contribution in [0.15, 0.2) is 82.8 Å². The van der Waals surface area contributed by atoms with Gasteiger partial charge in [-0.2, -0.15) is 5.10 Å². The average Bonchev–Trinajstić information content (AvgIpc) is 2.93. The van der Waals surface area contributed by atoms with Crippen molar-refractivity contribution in [1.29, 1.82) is 0 Å². The van der Waals surface area contributed by atoms with E-state index in [4.69, 9.17) is 4.74 Å². The lowest BCUT2D eigenvalue weighted by molar-refractivity contribution is -0.384. The van der Waals surface area contributed by atoms with Crippen molar-refractivity contribution in [3.05, 3.63) is 94.0 Å². The molecule has 1 aliphatic heterocycles. The number of non-ortho nitro benzene ring substituents is 1. The molecule has 0 spiro atoms. The fourth-order valence-electron chi connectivity index (χ4n) is 3.79. The first kappa shape index (κ1) is 25.8. The number of carbonyl (C=O) groups excluding carboxylic acids is 1. The molecule has 0 radical (unpaired) electrons. The molecule has 0 aliphatic carbocycles. The number of nitro groups is 1. The van der Waals surface area contributed by atoms with Crippen LogP contribution in [0, 0.1) is 10.1 Å². The van der Waals surface area contributed by atoms with Crippen LogP contribution < -0.4 is 14.6 Å². The fourth-order valence-corrected chi connectivity index (χ4v) is 5.00. The predicted octanol–water partition coefficient (Wildman–Crippen LogP) is 3.02. The number of hydrogen-bond acceptors (Lipinski definition) is 8. The van der Waals surface area contributed by atoms with E-state index in [1.54, 1.807) is 24.3 Å². The minimum atomic E-state index is -3.74. The number of amides is 1. The van der Waals surface area contributed by atoms with Crippen molar-refractivity contribution in [3.63, 3.8) is 0 Å². The summed E-state index contributed by atoms with van der Waals surface area (Å²) in [6.07, 6.45) is 1.37. The molecule has 0 saturated carbocycles. The molecule has 1 amide bonds. The van der Waals surface area contributed by atoms with Crippen LogP contribution >= 0.6 is 0 Å². The fraction of sp³-hybridized carbons (Fsp3) is 0.200. The summed E-state index contributed by atoms with van der Waals surface area (Å²) in [5.74, 6) is -0.519. The van der Waals surface area contributed by atoms with E-state index < -0.39 is 20.9 Å². The Morgan fingerprint density at radius 1 is 1.08 bits per heavy atom. The van der Waals surface area contributed by atoms with Crippen LogP contribution in [0.5, 0.6) is 0 Å². The van der Waals surface area contributed by atoms with Gasteiger partial charge in [-0.1, -0.05) is 18.2 Å². The maximum absolute atomic E-state index is 12.8. The zero-order valence-corrected chi connectivity index (χ0v) is 20.8. The van der Waals surface area contributed by atoms with Gasteiger partial charge >= 0.3 is 0 Å². The van der Waals surface area contributed by atoms with E-state index >= 15 is 0 Å². The highest BCUT2D eigenvalue weighted by molar-refractivity contribution is 7.92. The molecular weight excluding hydrogens is 498 g/mol. The number of hydrazone groups is 1. The van der Waals surface area contributed by atoms with Crippen molar-refractivity contribution in [1.82, 2.24) is 5.43 Å². The minimum absolute atomic E-state index is 0.0880. The summed E-state index contributed by atoms with van der Waals surface area (Å²) < 4.78 is 32.1. The monoisotopic (exact) mass is 523 g/mol. The van der Waals surface area contributed by atoms with Gasteiger partial charge in [-0.25, -0.2) is 13.8 Å². The number of sulfonamides is 1. The van der Waals surface area contributed by atoms with Gasteiger partial charge in [0.2, 0.25) is 0 Å². The molecule has 192 valence electrons. The maximum Gasteiger partial charge on any atom is 0.271 e. The summed E-state index contributed by atoms with van der Waals surface area (Å²) in [7, 11) is -2.31. The number of carbonyl (C=O) groups is 1. The van der Waals surface area contributed by atoms with Crippen molar-refractivity contribution in [2.45, 2.75) is 4.90 Å². The van der Waals surface area contributed by atoms with Gasteiger partial charge in [-0.3, -0.25) is 19.2 Å². The van der Waals surface area contributed by atoms with Gasteiger partial charge in [-0.05, 0) is 42.5 Å². The standard InChI is InChI=1S/C25H25N5O6S/c1-28(37(34,35)23-5-3-2-4-6-23)21-9-7-19(8-10-21)25(31)27-26-18-20-17-22(30(32)33)11-12-24(20)29-13-15-36-16-14-29/h2-12,17-18H,13-16H2,1H3,(H,27,31)/b26-18+. The lowest BCUT2D eigenvalue weighted by Gasteiger charge is -2.29. The van der Waals surface area contributed by atoms with Crippen molar-refractivity contribution in [3.8, 4) is 0 Å². The van der Waals surface area contributed by atoms with Gasteiger partial charge in [0.05, 0.1) is 34.9 Å². The normalized spacial score (nSPS) is 13.9. The van der Waals surface area contributed by atoms with Crippen LogP contribution in [0.3, 0.4) is 0 Å². The first-order valence-corrected chi connectivity index (χ1v) is 12.8. The first-order chi connectivity index (χ1) is 17.8. The van der Waals surface area contributed by atoms with Crippen molar-refractivity contribution in [2.75, 3.05) is 42.6 Å². The van der Waals surface area contributed by atoms with E-state index in [0.29, 0.717) is 37.6 Å². The third kappa shape index (κ3) is 5.93. The van der Waals surface area contributed by atoms with Crippen LogP contribution in [0.4, 0.5) is 17.1 Å². The molecule has 11 nitrogen and oxygen atoms in total. The number of morpholine rings is 1. The second-order valence-corrected chi connectivity index (χ2v) is 10.1. The Labute approximate surface area is 214 Å². The number of hydrogen-bond donors (Lipinski definition) is 1. The van der Waals surface area contributed by atoms with E-state index in [0.717, 1.165) is 9.99 Å². The van der Waals surface area contributed by atoms with E-state index in [2.05, 4.69) is 10.5 Å². The molecule has 12 heteroatoms. The molecule has 1 N–H and O–H groups in total. The van der Waals surface area contributed by atoms with E-state index in [1.165, 1.54) is 61.8 Å². The Hall–Kier alpha value is -4.29. The van der Waals surface area contributed by atoms with Crippen molar-refractivity contribution in [2.24, 2.45) is 5.10 Å². The van der Waals surface area contributed by atoms with Crippen LogP contribution in [-0.4, -0.2) is 58.8 Å². The summed E-state index contributed by atoms with van der Waals surface area (Å²) in [5.41, 5.74) is 4.21. The zero-order chi connectivity index (χ0) is 26.4. The molecular formula is C25H25N5O6S. The van der Waals surface area contributed by atoms with Crippen LogP contribution in [0.2, 0.25) is 0 Å². The SMILES string of the molecule is CN(c1ccc(C(=O)N/N=C/c2cc([N+](=O)[O-])ccc2N2CCOCC2)cc1)S(=O)(=O)c1ccccc1. The maximum atomic E-state index is 12.8. The molecule has 1 saturated heterocycles. The number of nitrogens with zero attached hydrogens (tertiary/aromatic N) is 4. The minimum Gasteiger partial charge on any atom is -0.378 e. The average molecular weight is 524 g/mol. The smallest absolute Gasteiger partial charge is 0.271 e. The summed E-state index contributed by atoms with van der Waals surface area (Å²) in [6.45, 7) is 2.35. The Morgan fingerprint density at radius 2 is 1.76 bits per heavy atom. The number of rotatable bonds is 8. The summed E-state index contributed by atoms with van der Waals surface area (Å²) >= 11 is 0. The highest BCUT2D eigenvalue weighted by Crippen LogP contribution is 2.25. The molecule has 0 bridgehead atoms. The van der Waals surface area contributed by atoms with Crippen molar-refractivity contribution >= 4 is 39.2 Å². The van der Waals surface area contributed by atoms with Gasteiger partial charge in [0.1, 0.15) is 0 Å². The Morgan fingerprint density at radius 3 is 2.41 bits per heavy atom. The second kappa shape index (κ2) is 11.2. The lowest BCUT2D eigenvalue weighted by Crippen LogP contribution is -2.36. The van der Waals surface area contributed by atoms with E-state index in [9.17, 15) is 23.3 Å². The topological polar surface area (TPSA) is 134 Å². The zero-order valence-electron chi connectivity index (χ0n) is 20.0. The van der Waals surface area contributed by atoms with Crippen LogP contribution in [0.1, 0.15) is 15.9 Å². The van der Waals surface area contributed by atoms with Gasteiger partial charge in [0, 0.05) is 49.1 Å². The molecule has 0 aromatic heterocycles. The van der Waals surface area contributed by atoms with Gasteiger partial charge in [0.25, 0.3) is 21.6 Å². The Bertz CT molecular complexity index is 1410. The molecule has 1 heterocycles. The first-order valence-electron chi connectivity index (χ1n) is 11.4. The molecule has 0 atom stereocenters. The van der Waals surface area contributed by atoms with E-state index in [1.807, 2.05) is 4.90 Å². The van der Waals surface area contributed by atoms with Gasteiger partial charge in [-0.15, -0.1) is 0 Å². The molecule has 1 aliphatic rings. The molecule has 1 fully saturated rings. The summed E-state index contributed by atoms with van der Waals surface area (Å²) in [4.78, 5) is 25.6. The highest BCUT2D eigenvalue weighted by atomic mass is 32.2. The number of ether oxygens (including phenoxy) is 1. The largest absolute Gasteiger partial charge is 0.378 e. The second-order valence-electron chi connectivity index (χ2n) is 8.13. The Kier molecular flexibility index (Phi) is 7.80. The molecule has 3 aromatic carbocycles. The molecule has 0 unspecified atom stereocenters.